The van der Waals surface area contributed by atoms with Crippen LogP contribution in [-0.2, 0) is 27.3 Å². The average molecular weight is 165 g/mol. The molecule has 5 heavy (non-hydrogen) atoms. The minimum atomic E-state index is 0. The van der Waals surface area contributed by atoms with Gasteiger partial charge in [0.25, 0.3) is 0 Å². The summed E-state index contributed by atoms with van der Waals surface area (Å²) < 4.78 is 0. The molecule has 2 heteroatoms. The fourth-order valence-electron chi connectivity index (χ4n) is 0. The number of nitriles is 1. The van der Waals surface area contributed by atoms with Crippen LogP contribution in [0.5, 0.6) is 0 Å². The molecule has 0 aromatic heterocycles. The average Bonchev–Trinajstić information content (AvgIpc) is 1.37. The SMILES string of the molecule is C=CC#N.[Cd]. The molecule has 0 unspecified atom stereocenters. The van der Waals surface area contributed by atoms with Gasteiger partial charge in [0, 0.05) is 33.4 Å². The molecular formula is C3H3CdN. The van der Waals surface area contributed by atoms with Crippen LogP contribution < -0.4 is 0 Å². The minimum Gasteiger partial charge on any atom is -0.193 e. The molecule has 0 rings (SSSR count). The van der Waals surface area contributed by atoms with E-state index in [1.165, 1.54) is 6.08 Å². The van der Waals surface area contributed by atoms with Gasteiger partial charge in [-0.1, -0.05) is 6.58 Å². The quantitative estimate of drug-likeness (QED) is 0.383. The third kappa shape index (κ3) is 14.5. The molecule has 0 spiro atoms. The predicted molar refractivity (Wildman–Crippen MR) is 15.8 cm³/mol. The number of nitrogens with zero attached hydrogens (tertiary/aromatic N) is 1. The molecule has 22 valence electrons. The number of allylic oxidation sites excluding steroid dienone is 1. The molecule has 0 heterocycles. The van der Waals surface area contributed by atoms with E-state index in [1.54, 1.807) is 6.07 Å². The zero-order chi connectivity index (χ0) is 3.41. The van der Waals surface area contributed by atoms with Gasteiger partial charge in [-0.25, -0.2) is 0 Å². The van der Waals surface area contributed by atoms with E-state index < -0.39 is 0 Å². The number of hydrogen-bond acceptors (Lipinski definition) is 1. The Labute approximate surface area is 51.5 Å². The molecule has 0 saturated carbocycles. The molecule has 1 nitrogen and oxygen atoms in total. The monoisotopic (exact) mass is 167 g/mol. The Hall–Kier alpha value is 0.152. The van der Waals surface area contributed by atoms with Gasteiger partial charge in [0.15, 0.2) is 0 Å². The van der Waals surface area contributed by atoms with Gasteiger partial charge in [0.2, 0.25) is 0 Å². The number of rotatable bonds is 0. The Morgan fingerprint density at radius 2 is 2.00 bits per heavy atom. The largest absolute Gasteiger partial charge is 0.193 e. The van der Waals surface area contributed by atoms with Gasteiger partial charge in [-0.2, -0.15) is 5.26 Å². The molecule has 0 N–H and O–H groups in total. The molecule has 0 saturated heterocycles. The van der Waals surface area contributed by atoms with Crippen molar-refractivity contribution in [2.45, 2.75) is 0 Å². The summed E-state index contributed by atoms with van der Waals surface area (Å²) >= 11 is 0. The molecule has 0 aliphatic carbocycles. The Bertz CT molecular complexity index is 52.4. The van der Waals surface area contributed by atoms with Gasteiger partial charge in [0.05, 0.1) is 6.07 Å². The second-order valence-electron chi connectivity index (χ2n) is 0.333. The van der Waals surface area contributed by atoms with Crippen LogP contribution in [-0.4, -0.2) is 0 Å². The van der Waals surface area contributed by atoms with Crippen molar-refractivity contribution in [3.8, 4) is 6.07 Å². The molecule has 0 aromatic carbocycles. The van der Waals surface area contributed by atoms with Crippen LogP contribution in [0.3, 0.4) is 0 Å². The molecule has 0 aliphatic rings. The zero-order valence-electron chi connectivity index (χ0n) is 2.94. The predicted octanol–water partition coefficient (Wildman–Crippen LogP) is 0.693. The van der Waals surface area contributed by atoms with Gasteiger partial charge in [-0.15, -0.1) is 0 Å². The molecule has 0 aromatic rings. The first-order valence-corrected chi connectivity index (χ1v) is 0.921. The third-order valence-corrected chi connectivity index (χ3v) is 0.0913. The molecule has 0 fully saturated rings. The van der Waals surface area contributed by atoms with E-state index in [0.29, 0.717) is 0 Å². The Morgan fingerprint density at radius 1 is 1.80 bits per heavy atom. The fraction of sp³-hybridized carbons (Fsp3) is 0. The molecular weight excluding hydrogens is 162 g/mol. The van der Waals surface area contributed by atoms with Crippen molar-refractivity contribution in [2.75, 3.05) is 0 Å². The summed E-state index contributed by atoms with van der Waals surface area (Å²) in [5.74, 6) is 0. The smallest absolute Gasteiger partial charge is 0.0905 e. The van der Waals surface area contributed by atoms with Crippen LogP contribution in [0.15, 0.2) is 12.7 Å². The summed E-state index contributed by atoms with van der Waals surface area (Å²) in [7, 11) is 0. The summed E-state index contributed by atoms with van der Waals surface area (Å²) in [5.41, 5.74) is 0. The van der Waals surface area contributed by atoms with Gasteiger partial charge in [0.1, 0.15) is 0 Å². The standard InChI is InChI=1S/C3H3N.Cd/c1-2-3-4;/h2H,1H2;. The minimum absolute atomic E-state index is 0. The second kappa shape index (κ2) is 8.91. The van der Waals surface area contributed by atoms with Gasteiger partial charge < -0.3 is 0 Å². The van der Waals surface area contributed by atoms with E-state index in [0.717, 1.165) is 0 Å². The van der Waals surface area contributed by atoms with Crippen LogP contribution in [0.1, 0.15) is 0 Å². The van der Waals surface area contributed by atoms with Crippen molar-refractivity contribution >= 4 is 0 Å². The molecule has 0 atom stereocenters. The van der Waals surface area contributed by atoms with E-state index in [4.69, 9.17) is 5.26 Å². The first kappa shape index (κ1) is 8.94. The maximum Gasteiger partial charge on any atom is 0.0905 e. The van der Waals surface area contributed by atoms with Crippen LogP contribution in [0.2, 0.25) is 0 Å². The van der Waals surface area contributed by atoms with E-state index in [1.807, 2.05) is 0 Å². The van der Waals surface area contributed by atoms with Crippen molar-refractivity contribution in [3.05, 3.63) is 12.7 Å². The molecule has 0 radical (unpaired) electrons. The first-order chi connectivity index (χ1) is 1.91. The maximum atomic E-state index is 7.51. The van der Waals surface area contributed by atoms with Crippen LogP contribution in [0.4, 0.5) is 0 Å². The molecule has 0 bridgehead atoms. The van der Waals surface area contributed by atoms with E-state index in [-0.39, 0.29) is 27.3 Å². The number of hydrogen-bond donors (Lipinski definition) is 0. The summed E-state index contributed by atoms with van der Waals surface area (Å²) in [6, 6.07) is 1.69. The summed E-state index contributed by atoms with van der Waals surface area (Å²) in [4.78, 5) is 0. The van der Waals surface area contributed by atoms with Crippen LogP contribution in [0, 0.1) is 11.3 Å². The summed E-state index contributed by atoms with van der Waals surface area (Å²) in [6.45, 7) is 3.12. The molecule has 0 amide bonds. The molecule has 0 aliphatic heterocycles. The second-order valence-corrected chi connectivity index (χ2v) is 0.333. The topological polar surface area (TPSA) is 23.8 Å². The van der Waals surface area contributed by atoms with Crippen molar-refractivity contribution in [1.29, 1.82) is 5.26 Å². The summed E-state index contributed by atoms with van der Waals surface area (Å²) in [5, 5.41) is 7.51. The van der Waals surface area contributed by atoms with Gasteiger partial charge >= 0.3 is 0 Å². The first-order valence-electron chi connectivity index (χ1n) is 0.921. The van der Waals surface area contributed by atoms with Gasteiger partial charge in [-0.3, -0.25) is 0 Å². The third-order valence-electron chi connectivity index (χ3n) is 0.0913. The zero-order valence-corrected chi connectivity index (χ0v) is 6.98. The Morgan fingerprint density at radius 3 is 2.00 bits per heavy atom. The van der Waals surface area contributed by atoms with Crippen molar-refractivity contribution < 1.29 is 27.3 Å². The Balaban J connectivity index is 0. The van der Waals surface area contributed by atoms with E-state index in [2.05, 4.69) is 6.58 Å². The van der Waals surface area contributed by atoms with Crippen molar-refractivity contribution in [2.24, 2.45) is 0 Å². The van der Waals surface area contributed by atoms with E-state index >= 15 is 0 Å². The van der Waals surface area contributed by atoms with Crippen LogP contribution in [0.25, 0.3) is 0 Å². The summed E-state index contributed by atoms with van der Waals surface area (Å²) in [6.07, 6.45) is 1.18. The maximum absolute atomic E-state index is 7.51. The fourth-order valence-corrected chi connectivity index (χ4v) is 0. The van der Waals surface area contributed by atoms with Crippen molar-refractivity contribution in [3.63, 3.8) is 0 Å². The van der Waals surface area contributed by atoms with Crippen molar-refractivity contribution in [1.82, 2.24) is 0 Å². The Kier molecular flexibility index (Phi) is 15.9. The normalized spacial score (nSPS) is 3.00. The van der Waals surface area contributed by atoms with Crippen LogP contribution >= 0.6 is 0 Å². The van der Waals surface area contributed by atoms with Gasteiger partial charge in [-0.05, 0) is 0 Å². The van der Waals surface area contributed by atoms with E-state index in [9.17, 15) is 0 Å².